The van der Waals surface area contributed by atoms with E-state index in [0.717, 1.165) is 5.56 Å². The van der Waals surface area contributed by atoms with Crippen LogP contribution in [0.3, 0.4) is 0 Å². The van der Waals surface area contributed by atoms with E-state index >= 15 is 0 Å². The van der Waals surface area contributed by atoms with Crippen LogP contribution < -0.4 is 10.6 Å². The van der Waals surface area contributed by atoms with E-state index in [9.17, 15) is 4.79 Å². The van der Waals surface area contributed by atoms with Crippen LogP contribution in [0.5, 0.6) is 0 Å². The average Bonchev–Trinajstić information content (AvgIpc) is 2.53. The molecule has 15 heavy (non-hydrogen) atoms. The van der Waals surface area contributed by atoms with Gasteiger partial charge in [-0.25, -0.2) is 0 Å². The number of rotatable bonds is 4. The molecule has 0 saturated carbocycles. The van der Waals surface area contributed by atoms with Crippen molar-refractivity contribution in [1.82, 2.24) is 10.6 Å². The van der Waals surface area contributed by atoms with Crippen LogP contribution in [0, 0.1) is 6.92 Å². The van der Waals surface area contributed by atoms with Gasteiger partial charge in [-0.15, -0.1) is 0 Å². The number of aryl methyl sites for hydroxylation is 1. The van der Waals surface area contributed by atoms with Gasteiger partial charge in [0.2, 0.25) is 0 Å². The second-order valence-corrected chi connectivity index (χ2v) is 4.24. The zero-order valence-corrected chi connectivity index (χ0v) is 10.6. The van der Waals surface area contributed by atoms with Crippen molar-refractivity contribution >= 4 is 21.8 Å². The maximum absolute atomic E-state index is 11.6. The van der Waals surface area contributed by atoms with Crippen molar-refractivity contribution in [3.63, 3.8) is 0 Å². The summed E-state index contributed by atoms with van der Waals surface area (Å²) in [6.07, 6.45) is 0. The highest BCUT2D eigenvalue weighted by molar-refractivity contribution is 9.10. The van der Waals surface area contributed by atoms with Gasteiger partial charge in [-0.2, -0.15) is 0 Å². The number of likely N-dealkylation sites (N-methyl/N-ethyl adjacent to an activating group) is 1. The Hall–Kier alpha value is -0.810. The van der Waals surface area contributed by atoms with E-state index in [1.54, 1.807) is 6.07 Å². The molecule has 5 heteroatoms. The summed E-state index contributed by atoms with van der Waals surface area (Å²) < 4.78 is 5.80. The number of furan rings is 1. The van der Waals surface area contributed by atoms with Crippen LogP contribution in [0.4, 0.5) is 0 Å². The molecule has 0 spiro atoms. The average molecular weight is 275 g/mol. The van der Waals surface area contributed by atoms with Crippen LogP contribution in [-0.2, 0) is 0 Å². The Morgan fingerprint density at radius 2 is 2.33 bits per heavy atom. The number of hydrogen-bond donors (Lipinski definition) is 2. The molecule has 0 bridgehead atoms. The summed E-state index contributed by atoms with van der Waals surface area (Å²) in [7, 11) is 1.85. The number of carbonyl (C=O) groups excluding carboxylic acids is 1. The summed E-state index contributed by atoms with van der Waals surface area (Å²) >= 11 is 3.19. The minimum absolute atomic E-state index is 0.180. The van der Waals surface area contributed by atoms with Crippen molar-refractivity contribution in [1.29, 1.82) is 0 Å². The van der Waals surface area contributed by atoms with Gasteiger partial charge in [0.05, 0.1) is 0 Å². The number of nitrogens with one attached hydrogen (secondary N) is 2. The second kappa shape index (κ2) is 5.32. The highest BCUT2D eigenvalue weighted by Gasteiger charge is 2.14. The van der Waals surface area contributed by atoms with E-state index in [1.165, 1.54) is 0 Å². The number of halogens is 1. The van der Waals surface area contributed by atoms with Crippen molar-refractivity contribution in [3.8, 4) is 0 Å². The molecule has 84 valence electrons. The molecule has 0 aliphatic heterocycles. The van der Waals surface area contributed by atoms with Gasteiger partial charge in [0.1, 0.15) is 0 Å². The molecule has 0 fully saturated rings. The molecule has 1 aromatic rings. The molecule has 1 atom stereocenters. The lowest BCUT2D eigenvalue weighted by Gasteiger charge is -2.10. The molecular formula is C10H15BrN2O2. The minimum atomic E-state index is -0.180. The number of hydrogen-bond acceptors (Lipinski definition) is 3. The normalized spacial score (nSPS) is 12.5. The Morgan fingerprint density at radius 1 is 1.67 bits per heavy atom. The highest BCUT2D eigenvalue weighted by atomic mass is 79.9. The lowest BCUT2D eigenvalue weighted by Crippen LogP contribution is -2.37. The van der Waals surface area contributed by atoms with Crippen LogP contribution in [-0.4, -0.2) is 25.5 Å². The topological polar surface area (TPSA) is 54.3 Å². The molecule has 1 heterocycles. The highest BCUT2D eigenvalue weighted by Crippen LogP contribution is 2.19. The monoisotopic (exact) mass is 274 g/mol. The fourth-order valence-corrected chi connectivity index (χ4v) is 1.60. The molecule has 0 aliphatic rings. The quantitative estimate of drug-likeness (QED) is 0.879. The summed E-state index contributed by atoms with van der Waals surface area (Å²) in [5, 5.41) is 5.82. The smallest absolute Gasteiger partial charge is 0.287 e. The van der Waals surface area contributed by atoms with Gasteiger partial charge in [0, 0.05) is 18.2 Å². The van der Waals surface area contributed by atoms with Crippen molar-refractivity contribution in [2.24, 2.45) is 0 Å². The first-order chi connectivity index (χ1) is 7.04. The lowest BCUT2D eigenvalue weighted by molar-refractivity contribution is 0.0920. The Labute approximate surface area is 97.5 Å². The largest absolute Gasteiger partial charge is 0.444 e. The molecule has 0 radical (unpaired) electrons. The molecule has 1 unspecified atom stereocenters. The van der Waals surface area contributed by atoms with Crippen LogP contribution in [0.2, 0.25) is 0 Å². The Bertz CT molecular complexity index is 349. The molecule has 4 nitrogen and oxygen atoms in total. The first-order valence-corrected chi connectivity index (χ1v) is 5.55. The SMILES string of the molecule is CNC(C)CNC(=O)c1oc(Br)cc1C. The molecular weight excluding hydrogens is 260 g/mol. The maximum Gasteiger partial charge on any atom is 0.287 e. The van der Waals surface area contributed by atoms with Crippen LogP contribution in [0.25, 0.3) is 0 Å². The van der Waals surface area contributed by atoms with Gasteiger partial charge in [0.25, 0.3) is 5.91 Å². The van der Waals surface area contributed by atoms with E-state index < -0.39 is 0 Å². The number of carbonyl (C=O) groups is 1. The van der Waals surface area contributed by atoms with E-state index in [-0.39, 0.29) is 11.9 Å². The van der Waals surface area contributed by atoms with E-state index in [2.05, 4.69) is 26.6 Å². The fraction of sp³-hybridized carbons (Fsp3) is 0.500. The maximum atomic E-state index is 11.6. The predicted octanol–water partition coefficient (Wildman–Crippen LogP) is 1.69. The van der Waals surface area contributed by atoms with E-state index in [0.29, 0.717) is 17.0 Å². The Kier molecular flexibility index (Phi) is 4.35. The molecule has 1 amide bonds. The van der Waals surface area contributed by atoms with E-state index in [1.807, 2.05) is 20.9 Å². The summed E-state index contributed by atoms with van der Waals surface area (Å²) in [5.74, 6) is 0.186. The van der Waals surface area contributed by atoms with Crippen LogP contribution in [0.1, 0.15) is 23.0 Å². The summed E-state index contributed by atoms with van der Waals surface area (Å²) in [5.41, 5.74) is 0.830. The predicted molar refractivity (Wildman–Crippen MR) is 62.0 cm³/mol. The first kappa shape index (κ1) is 12.3. The zero-order chi connectivity index (χ0) is 11.4. The summed E-state index contributed by atoms with van der Waals surface area (Å²) in [4.78, 5) is 11.6. The van der Waals surface area contributed by atoms with Gasteiger partial charge in [0.15, 0.2) is 10.4 Å². The standard InChI is InChI=1S/C10H15BrN2O2/c1-6-4-8(11)15-9(6)10(14)13-5-7(2)12-3/h4,7,12H,5H2,1-3H3,(H,13,14). The van der Waals surface area contributed by atoms with Crippen LogP contribution in [0.15, 0.2) is 15.2 Å². The Balaban J connectivity index is 2.58. The van der Waals surface area contributed by atoms with E-state index in [4.69, 9.17) is 4.42 Å². The van der Waals surface area contributed by atoms with Crippen molar-refractivity contribution < 1.29 is 9.21 Å². The molecule has 1 aromatic heterocycles. The van der Waals surface area contributed by atoms with Gasteiger partial charge in [-0.3, -0.25) is 4.79 Å². The van der Waals surface area contributed by atoms with Gasteiger partial charge in [-0.1, -0.05) is 0 Å². The molecule has 2 N–H and O–H groups in total. The number of amides is 1. The summed E-state index contributed by atoms with van der Waals surface area (Å²) in [6.45, 7) is 4.41. The van der Waals surface area contributed by atoms with Crippen LogP contribution >= 0.6 is 15.9 Å². The van der Waals surface area contributed by atoms with Gasteiger partial charge >= 0.3 is 0 Å². The molecule has 0 aromatic carbocycles. The van der Waals surface area contributed by atoms with Crippen molar-refractivity contribution in [2.75, 3.05) is 13.6 Å². The first-order valence-electron chi connectivity index (χ1n) is 4.76. The second-order valence-electron chi connectivity index (χ2n) is 3.46. The molecule has 0 saturated heterocycles. The van der Waals surface area contributed by atoms with Gasteiger partial charge < -0.3 is 15.1 Å². The minimum Gasteiger partial charge on any atom is -0.444 e. The van der Waals surface area contributed by atoms with Crippen molar-refractivity contribution in [2.45, 2.75) is 19.9 Å². The lowest BCUT2D eigenvalue weighted by atomic mass is 10.2. The third-order valence-electron chi connectivity index (χ3n) is 2.16. The molecule has 1 rings (SSSR count). The van der Waals surface area contributed by atoms with Crippen molar-refractivity contribution in [3.05, 3.63) is 22.1 Å². The van der Waals surface area contributed by atoms with Gasteiger partial charge in [-0.05, 0) is 42.9 Å². The third-order valence-corrected chi connectivity index (χ3v) is 2.55. The summed E-state index contributed by atoms with van der Waals surface area (Å²) in [6, 6.07) is 2.02. The Morgan fingerprint density at radius 3 is 2.80 bits per heavy atom. The zero-order valence-electron chi connectivity index (χ0n) is 9.06. The molecule has 0 aliphatic carbocycles. The third kappa shape index (κ3) is 3.35. The fourth-order valence-electron chi connectivity index (χ4n) is 1.10.